The van der Waals surface area contributed by atoms with E-state index >= 15 is 0 Å². The van der Waals surface area contributed by atoms with Crippen LogP contribution in [-0.2, 0) is 13.1 Å². The van der Waals surface area contributed by atoms with Crippen molar-refractivity contribution >= 4 is 19.9 Å². The molecular formula is C3H9O4PS. The van der Waals surface area contributed by atoms with Crippen molar-refractivity contribution in [2.45, 2.75) is 6.92 Å². The number of phosphoric acid groups is 1. The molecule has 4 nitrogen and oxygen atoms in total. The van der Waals surface area contributed by atoms with E-state index in [0.29, 0.717) is 5.75 Å². The van der Waals surface area contributed by atoms with E-state index in [9.17, 15) is 4.57 Å². The number of phosphoric ester groups is 1. The van der Waals surface area contributed by atoms with E-state index in [4.69, 9.17) is 4.89 Å². The van der Waals surface area contributed by atoms with Crippen LogP contribution in [-0.4, -0.2) is 17.8 Å². The molecule has 0 aromatic rings. The van der Waals surface area contributed by atoms with Crippen LogP contribution in [0.5, 0.6) is 0 Å². The van der Waals surface area contributed by atoms with Crippen molar-refractivity contribution in [1.82, 2.24) is 0 Å². The van der Waals surface area contributed by atoms with Gasteiger partial charge in [-0.3, -0.25) is 4.52 Å². The molecule has 1 unspecified atom stereocenters. The monoisotopic (exact) mass is 172 g/mol. The average Bonchev–Trinajstić information content (AvgIpc) is 1.84. The summed E-state index contributed by atoms with van der Waals surface area (Å²) in [6.07, 6.45) is 0. The maximum absolute atomic E-state index is 10.4. The second-order valence-electron chi connectivity index (χ2n) is 1.13. The smallest absolute Gasteiger partial charge is 0.302 e. The lowest BCUT2D eigenvalue weighted by Crippen LogP contribution is -1.83. The van der Waals surface area contributed by atoms with Crippen LogP contribution in [0.3, 0.4) is 0 Å². The molecule has 0 bridgehead atoms. The fourth-order valence-corrected chi connectivity index (χ4v) is 1.35. The molecule has 9 heavy (non-hydrogen) atoms. The maximum atomic E-state index is 10.4. The molecular weight excluding hydrogens is 163 g/mol. The minimum absolute atomic E-state index is 0.619. The topological polar surface area (TPSA) is 55.8 Å². The third-order valence-electron chi connectivity index (χ3n) is 0.495. The molecule has 0 heterocycles. The molecule has 0 saturated heterocycles. The fraction of sp³-hybridized carbons (Fsp3) is 1.00. The highest BCUT2D eigenvalue weighted by Crippen LogP contribution is 2.45. The first-order chi connectivity index (χ1) is 4.12. The summed E-state index contributed by atoms with van der Waals surface area (Å²) in [6, 6.07) is 0. The third kappa shape index (κ3) is 4.93. The minimum Gasteiger partial charge on any atom is -0.302 e. The van der Waals surface area contributed by atoms with Crippen molar-refractivity contribution in [3.63, 3.8) is 0 Å². The highest BCUT2D eigenvalue weighted by atomic mass is 32.2. The van der Waals surface area contributed by atoms with Crippen LogP contribution in [0.4, 0.5) is 0 Å². The molecule has 0 aromatic carbocycles. The molecule has 0 rings (SSSR count). The predicted octanol–water partition coefficient (Wildman–Crippen LogP) is 1.42. The normalized spacial score (nSPS) is 17.2. The molecule has 0 amide bonds. The van der Waals surface area contributed by atoms with Gasteiger partial charge in [0.1, 0.15) is 0 Å². The van der Waals surface area contributed by atoms with Crippen molar-refractivity contribution in [3.8, 4) is 0 Å². The van der Waals surface area contributed by atoms with Gasteiger partial charge in [-0.15, -0.1) is 0 Å². The molecule has 0 spiro atoms. The number of rotatable bonds is 4. The molecule has 0 fully saturated rings. The van der Waals surface area contributed by atoms with Crippen molar-refractivity contribution in [2.24, 2.45) is 0 Å². The van der Waals surface area contributed by atoms with Crippen molar-refractivity contribution in [3.05, 3.63) is 0 Å². The average molecular weight is 172 g/mol. The van der Waals surface area contributed by atoms with Gasteiger partial charge in [-0.2, -0.15) is 0 Å². The fourth-order valence-electron chi connectivity index (χ4n) is 0.150. The van der Waals surface area contributed by atoms with E-state index < -0.39 is 7.82 Å². The van der Waals surface area contributed by atoms with E-state index in [0.717, 1.165) is 19.2 Å². The summed E-state index contributed by atoms with van der Waals surface area (Å²) in [5.74, 6) is 0.619. The summed E-state index contributed by atoms with van der Waals surface area (Å²) < 4.78 is 18.9. The summed E-state index contributed by atoms with van der Waals surface area (Å²) in [5, 5.41) is 0. The summed E-state index contributed by atoms with van der Waals surface area (Å²) in [5.41, 5.74) is 0. The summed E-state index contributed by atoms with van der Waals surface area (Å²) >= 11 is 0.902. The Morgan fingerprint density at radius 2 is 2.33 bits per heavy atom. The summed E-state index contributed by atoms with van der Waals surface area (Å²) in [7, 11) is -2.60. The number of hydrogen-bond donors (Lipinski definition) is 1. The molecule has 56 valence electrons. The van der Waals surface area contributed by atoms with Gasteiger partial charge < -0.3 is 4.89 Å². The van der Waals surface area contributed by atoms with Gasteiger partial charge >= 0.3 is 7.82 Å². The van der Waals surface area contributed by atoms with E-state index in [1.807, 2.05) is 0 Å². The Morgan fingerprint density at radius 1 is 1.78 bits per heavy atom. The van der Waals surface area contributed by atoms with Crippen molar-refractivity contribution in [2.75, 3.05) is 12.9 Å². The molecule has 0 aromatic heterocycles. The van der Waals surface area contributed by atoms with Gasteiger partial charge in [0.15, 0.2) is 0 Å². The van der Waals surface area contributed by atoms with Crippen LogP contribution < -0.4 is 0 Å². The Bertz CT molecular complexity index is 116. The maximum Gasteiger partial charge on any atom is 0.483 e. The van der Waals surface area contributed by atoms with Gasteiger partial charge in [0.25, 0.3) is 0 Å². The van der Waals surface area contributed by atoms with Gasteiger partial charge in [-0.25, -0.2) is 8.54 Å². The van der Waals surface area contributed by atoms with Crippen LogP contribution in [0.25, 0.3) is 0 Å². The van der Waals surface area contributed by atoms with Gasteiger partial charge in [0.05, 0.1) is 0 Å². The largest absolute Gasteiger partial charge is 0.483 e. The molecule has 0 aliphatic carbocycles. The van der Waals surface area contributed by atoms with Crippen molar-refractivity contribution in [1.29, 1.82) is 0 Å². The van der Waals surface area contributed by atoms with Gasteiger partial charge in [-0.1, -0.05) is 6.92 Å². The third-order valence-corrected chi connectivity index (χ3v) is 2.37. The highest BCUT2D eigenvalue weighted by molar-refractivity contribution is 7.97. The van der Waals surface area contributed by atoms with Crippen molar-refractivity contribution < 1.29 is 18.0 Å². The lowest BCUT2D eigenvalue weighted by atomic mass is 11.0. The summed E-state index contributed by atoms with van der Waals surface area (Å²) in [4.78, 5) is 8.54. The van der Waals surface area contributed by atoms with E-state index in [1.165, 1.54) is 0 Å². The Balaban J connectivity index is 3.46. The van der Waals surface area contributed by atoms with E-state index in [1.54, 1.807) is 6.92 Å². The standard InChI is InChI=1S/C3H9O4PS/c1-3-9-7-8(4,5)6-2/h3H2,1-2H3,(H,4,5). The van der Waals surface area contributed by atoms with Crippen LogP contribution >= 0.6 is 19.9 Å². The second kappa shape index (κ2) is 4.30. The molecule has 0 aliphatic heterocycles. The minimum atomic E-state index is -3.73. The quantitative estimate of drug-likeness (QED) is 0.513. The Hall–Kier alpha value is 0.460. The number of hydrogen-bond acceptors (Lipinski definition) is 4. The SMILES string of the molecule is CCSOP(=O)(O)OC. The first kappa shape index (κ1) is 9.46. The zero-order chi connectivity index (χ0) is 7.33. The first-order valence-electron chi connectivity index (χ1n) is 2.32. The predicted molar refractivity (Wildman–Crippen MR) is 36.1 cm³/mol. The van der Waals surface area contributed by atoms with Crippen LogP contribution in [0.1, 0.15) is 6.92 Å². The van der Waals surface area contributed by atoms with Crippen LogP contribution in [0, 0.1) is 0 Å². The lowest BCUT2D eigenvalue weighted by molar-refractivity contribution is 0.254. The Kier molecular flexibility index (Phi) is 4.52. The second-order valence-corrected chi connectivity index (χ2v) is 3.84. The molecule has 6 heteroatoms. The van der Waals surface area contributed by atoms with Gasteiger partial charge in [0.2, 0.25) is 0 Å². The van der Waals surface area contributed by atoms with E-state index in [-0.39, 0.29) is 0 Å². The lowest BCUT2D eigenvalue weighted by Gasteiger charge is -2.04. The van der Waals surface area contributed by atoms with Crippen LogP contribution in [0.15, 0.2) is 0 Å². The highest BCUT2D eigenvalue weighted by Gasteiger charge is 2.17. The van der Waals surface area contributed by atoms with Gasteiger partial charge in [0, 0.05) is 24.9 Å². The molecule has 1 N–H and O–H groups in total. The first-order valence-corrected chi connectivity index (χ1v) is 4.72. The molecule has 0 saturated carbocycles. The summed E-state index contributed by atoms with van der Waals surface area (Å²) in [6.45, 7) is 1.81. The zero-order valence-electron chi connectivity index (χ0n) is 5.23. The molecule has 1 atom stereocenters. The van der Waals surface area contributed by atoms with E-state index in [2.05, 4.69) is 8.49 Å². The van der Waals surface area contributed by atoms with Crippen LogP contribution in [0.2, 0.25) is 0 Å². The Morgan fingerprint density at radius 3 is 2.67 bits per heavy atom. The Labute approximate surface area is 58.4 Å². The molecule has 0 radical (unpaired) electrons. The van der Waals surface area contributed by atoms with Gasteiger partial charge in [-0.05, 0) is 0 Å². The molecule has 0 aliphatic rings. The zero-order valence-corrected chi connectivity index (χ0v) is 6.95.